The number of hydrogen-bond donors (Lipinski definition) is 2. The van der Waals surface area contributed by atoms with Crippen LogP contribution >= 0.6 is 11.3 Å². The van der Waals surface area contributed by atoms with E-state index in [2.05, 4.69) is 20.6 Å². The number of likely N-dealkylation sites (tertiary alicyclic amines) is 1. The molecule has 12 heteroatoms. The quantitative estimate of drug-likeness (QED) is 0.447. The molecule has 1 fully saturated rings. The van der Waals surface area contributed by atoms with Crippen LogP contribution in [0.2, 0.25) is 0 Å². The van der Waals surface area contributed by atoms with Crippen LogP contribution in [0.15, 0.2) is 29.8 Å². The summed E-state index contributed by atoms with van der Waals surface area (Å²) in [5, 5.41) is 13.5. The van der Waals surface area contributed by atoms with Crippen molar-refractivity contribution in [3.8, 4) is 5.75 Å². The zero-order valence-electron chi connectivity index (χ0n) is 20.5. The van der Waals surface area contributed by atoms with E-state index in [-0.39, 0.29) is 12.0 Å². The van der Waals surface area contributed by atoms with Crippen molar-refractivity contribution in [2.45, 2.75) is 51.1 Å². The molecule has 1 atom stereocenters. The van der Waals surface area contributed by atoms with Gasteiger partial charge in [-0.1, -0.05) is 0 Å². The molecule has 3 aromatic rings. The lowest BCUT2D eigenvalue weighted by Crippen LogP contribution is -2.31. The molecular weight excluding hydrogens is 508 g/mol. The number of nitrogens with one attached hydrogen (secondary N) is 2. The van der Waals surface area contributed by atoms with E-state index in [1.54, 1.807) is 43.8 Å². The molecule has 1 saturated heterocycles. The Bertz CT molecular complexity index is 1280. The Kier molecular flexibility index (Phi) is 7.24. The lowest BCUT2D eigenvalue weighted by molar-refractivity contribution is -0.141. The van der Waals surface area contributed by atoms with Crippen molar-refractivity contribution in [1.82, 2.24) is 30.3 Å². The minimum atomic E-state index is -4.45. The van der Waals surface area contributed by atoms with Crippen LogP contribution in [0, 0.1) is 12.7 Å². The number of benzene rings is 1. The SMILES string of the molecule is COc1ccc(F)c2c1CNC(c1csc(C3CCN(C=Cn4nc(C(F)(F)F)cc4C)CC3)n1)NC2. The standard InChI is InChI=1S/C25H28F4N6OS/c1-15-11-22(25(27,28)29)33-35(15)10-9-34-7-5-16(6-8-34)24-32-20(14-37-24)23-30-12-17-18(13-31-23)21(36-2)4-3-19(17)26/h3-4,9-11,14,16,23,30-31H,5-8,12-13H2,1-2H3. The van der Waals surface area contributed by atoms with Gasteiger partial charge in [-0.3, -0.25) is 10.6 Å². The van der Waals surface area contributed by atoms with Crippen molar-refractivity contribution >= 4 is 17.5 Å². The van der Waals surface area contributed by atoms with Gasteiger partial charge in [-0.15, -0.1) is 11.3 Å². The first kappa shape index (κ1) is 25.7. The van der Waals surface area contributed by atoms with E-state index in [1.165, 1.54) is 10.7 Å². The van der Waals surface area contributed by atoms with E-state index in [1.807, 2.05) is 5.38 Å². The number of aryl methyl sites for hydroxylation is 1. The molecule has 1 aromatic carbocycles. The predicted octanol–water partition coefficient (Wildman–Crippen LogP) is 5.01. The Balaban J connectivity index is 1.18. The second-order valence-electron chi connectivity index (χ2n) is 9.23. The molecule has 0 spiro atoms. The Labute approximate surface area is 216 Å². The van der Waals surface area contributed by atoms with Crippen LogP contribution in [0.1, 0.15) is 58.1 Å². The smallest absolute Gasteiger partial charge is 0.435 e. The van der Waals surface area contributed by atoms with Gasteiger partial charge in [-0.25, -0.2) is 14.1 Å². The Hall–Kier alpha value is -2.96. The summed E-state index contributed by atoms with van der Waals surface area (Å²) >= 11 is 1.62. The topological polar surface area (TPSA) is 67.2 Å². The molecule has 2 aromatic heterocycles. The lowest BCUT2D eigenvalue weighted by Gasteiger charge is -2.30. The summed E-state index contributed by atoms with van der Waals surface area (Å²) in [5.41, 5.74) is 1.83. The van der Waals surface area contributed by atoms with E-state index in [0.717, 1.165) is 48.3 Å². The van der Waals surface area contributed by atoms with Gasteiger partial charge in [0.25, 0.3) is 0 Å². The molecule has 2 N–H and O–H groups in total. The first-order valence-electron chi connectivity index (χ1n) is 12.0. The number of fused-ring (bicyclic) bond motifs is 1. The van der Waals surface area contributed by atoms with E-state index in [4.69, 9.17) is 9.72 Å². The van der Waals surface area contributed by atoms with E-state index < -0.39 is 11.9 Å². The van der Waals surface area contributed by atoms with Gasteiger partial charge in [-0.2, -0.15) is 18.3 Å². The minimum Gasteiger partial charge on any atom is -0.496 e. The number of alkyl halides is 3. The summed E-state index contributed by atoms with van der Waals surface area (Å²) in [7, 11) is 1.58. The molecule has 4 heterocycles. The predicted molar refractivity (Wildman–Crippen MR) is 132 cm³/mol. The second-order valence-corrected chi connectivity index (χ2v) is 10.1. The van der Waals surface area contributed by atoms with Crippen LogP contribution in [0.5, 0.6) is 5.75 Å². The molecular formula is C25H28F4N6OS. The number of ether oxygens (including phenoxy) is 1. The molecule has 37 heavy (non-hydrogen) atoms. The fraction of sp³-hybridized carbons (Fsp3) is 0.440. The van der Waals surface area contributed by atoms with Crippen molar-refractivity contribution in [2.75, 3.05) is 20.2 Å². The van der Waals surface area contributed by atoms with Crippen LogP contribution in [0.25, 0.3) is 6.20 Å². The average Bonchev–Trinajstić information content (AvgIpc) is 3.45. The number of aromatic nitrogens is 3. The van der Waals surface area contributed by atoms with Crippen molar-refractivity contribution in [3.63, 3.8) is 0 Å². The van der Waals surface area contributed by atoms with Crippen LogP contribution in [-0.4, -0.2) is 39.9 Å². The van der Waals surface area contributed by atoms with E-state index >= 15 is 0 Å². The van der Waals surface area contributed by atoms with E-state index in [0.29, 0.717) is 36.0 Å². The fourth-order valence-corrected chi connectivity index (χ4v) is 5.78. The summed E-state index contributed by atoms with van der Waals surface area (Å²) in [6.07, 6.45) is 0.498. The molecule has 1 unspecified atom stereocenters. The van der Waals surface area contributed by atoms with Gasteiger partial charge >= 0.3 is 6.18 Å². The van der Waals surface area contributed by atoms with Gasteiger partial charge in [0.05, 0.1) is 17.8 Å². The van der Waals surface area contributed by atoms with Crippen molar-refractivity contribution in [2.24, 2.45) is 0 Å². The van der Waals surface area contributed by atoms with Crippen LogP contribution in [0.3, 0.4) is 0 Å². The van der Waals surface area contributed by atoms with Crippen molar-refractivity contribution in [1.29, 1.82) is 0 Å². The minimum absolute atomic E-state index is 0.205. The first-order valence-corrected chi connectivity index (χ1v) is 12.9. The van der Waals surface area contributed by atoms with Gasteiger partial charge < -0.3 is 9.64 Å². The lowest BCUT2D eigenvalue weighted by atomic mass is 9.98. The van der Waals surface area contributed by atoms with Crippen molar-refractivity contribution < 1.29 is 22.3 Å². The number of thiazole rings is 1. The Morgan fingerprint density at radius 1 is 1.11 bits per heavy atom. The molecule has 0 radical (unpaired) electrons. The summed E-state index contributed by atoms with van der Waals surface area (Å²) in [5.74, 6) is 0.718. The summed E-state index contributed by atoms with van der Waals surface area (Å²) in [4.78, 5) is 6.98. The van der Waals surface area contributed by atoms with Gasteiger partial charge in [0.1, 0.15) is 17.7 Å². The zero-order valence-corrected chi connectivity index (χ0v) is 21.3. The van der Waals surface area contributed by atoms with Crippen LogP contribution in [0.4, 0.5) is 17.6 Å². The molecule has 5 rings (SSSR count). The number of hydrogen-bond acceptors (Lipinski definition) is 7. The normalized spacial score (nSPS) is 19.3. The third-order valence-corrected chi connectivity index (χ3v) is 7.89. The molecule has 198 valence electrons. The maximum atomic E-state index is 14.4. The van der Waals surface area contributed by atoms with Gasteiger partial charge in [-0.05, 0) is 38.0 Å². The molecule has 2 aliphatic rings. The first-order chi connectivity index (χ1) is 17.7. The number of methoxy groups -OCH3 is 1. The highest BCUT2D eigenvalue weighted by Crippen LogP contribution is 2.33. The van der Waals surface area contributed by atoms with Gasteiger partial charge in [0.2, 0.25) is 0 Å². The number of nitrogens with zero attached hydrogens (tertiary/aromatic N) is 4. The summed E-state index contributed by atoms with van der Waals surface area (Å²) < 4.78 is 59.7. The third kappa shape index (κ3) is 5.51. The van der Waals surface area contributed by atoms with Crippen molar-refractivity contribution in [3.05, 3.63) is 68.8 Å². The monoisotopic (exact) mass is 536 g/mol. The number of rotatable bonds is 5. The number of halogens is 4. The van der Waals surface area contributed by atoms with Gasteiger partial charge in [0.15, 0.2) is 5.69 Å². The van der Waals surface area contributed by atoms with E-state index in [9.17, 15) is 17.6 Å². The molecule has 0 amide bonds. The maximum absolute atomic E-state index is 14.4. The fourth-order valence-electron chi connectivity index (χ4n) is 4.76. The zero-order chi connectivity index (χ0) is 26.2. The molecule has 0 bridgehead atoms. The molecule has 7 nitrogen and oxygen atoms in total. The Morgan fingerprint density at radius 3 is 2.51 bits per heavy atom. The largest absolute Gasteiger partial charge is 0.496 e. The van der Waals surface area contributed by atoms with Crippen LogP contribution < -0.4 is 15.4 Å². The highest BCUT2D eigenvalue weighted by atomic mass is 32.1. The average molecular weight is 537 g/mol. The third-order valence-electron chi connectivity index (χ3n) is 6.86. The highest BCUT2D eigenvalue weighted by Gasteiger charge is 2.34. The molecule has 2 aliphatic heterocycles. The summed E-state index contributed by atoms with van der Waals surface area (Å²) in [6.45, 7) is 3.98. The van der Waals surface area contributed by atoms with Gasteiger partial charge in [0, 0.05) is 66.7 Å². The number of piperidine rings is 1. The maximum Gasteiger partial charge on any atom is 0.435 e. The molecule has 0 aliphatic carbocycles. The summed E-state index contributed by atoms with van der Waals surface area (Å²) in [6, 6.07) is 4.12. The highest BCUT2D eigenvalue weighted by molar-refractivity contribution is 7.09. The molecule has 0 saturated carbocycles. The second kappa shape index (κ2) is 10.4. The Morgan fingerprint density at radius 2 is 1.84 bits per heavy atom. The van der Waals surface area contributed by atoms with Crippen LogP contribution in [-0.2, 0) is 19.3 Å².